The lowest BCUT2D eigenvalue weighted by Crippen LogP contribution is -2.07. The number of benzene rings is 1. The smallest absolute Gasteiger partial charge is 0.213 e. The number of carbonyl (C=O) groups is 1. The molecule has 0 atom stereocenters. The Morgan fingerprint density at radius 1 is 1.26 bits per heavy atom. The van der Waals surface area contributed by atoms with Crippen LogP contribution in [0.2, 0.25) is 0 Å². The van der Waals surface area contributed by atoms with Crippen molar-refractivity contribution in [1.29, 1.82) is 0 Å². The summed E-state index contributed by atoms with van der Waals surface area (Å²) < 4.78 is 26.2. The quantitative estimate of drug-likeness (QED) is 0.486. The zero-order chi connectivity index (χ0) is 13.8. The number of halogens is 2. The summed E-state index contributed by atoms with van der Waals surface area (Å²) in [4.78, 5) is 15.9. The highest BCUT2D eigenvalue weighted by Crippen LogP contribution is 2.20. The average molecular weight is 279 g/mol. The molecule has 1 aromatic carbocycles. The van der Waals surface area contributed by atoms with Gasteiger partial charge in [-0.15, -0.1) is 11.8 Å². The third kappa shape index (κ3) is 3.61. The Bertz CT molecular complexity index is 599. The molecule has 0 saturated heterocycles. The van der Waals surface area contributed by atoms with Crippen LogP contribution < -0.4 is 0 Å². The van der Waals surface area contributed by atoms with Crippen molar-refractivity contribution in [2.45, 2.75) is 11.8 Å². The summed E-state index contributed by atoms with van der Waals surface area (Å²) in [6.07, 6.45) is 0.721. The second kappa shape index (κ2) is 5.93. The molecule has 2 rings (SSSR count). The van der Waals surface area contributed by atoms with E-state index >= 15 is 0 Å². The SMILES string of the molecule is Cc1ccc(SCC(=O)c2cc(F)ncc2F)cc1. The molecule has 2 nitrogen and oxygen atoms in total. The summed E-state index contributed by atoms with van der Waals surface area (Å²) in [5.74, 6) is -2.05. The number of aromatic nitrogens is 1. The summed E-state index contributed by atoms with van der Waals surface area (Å²) in [7, 11) is 0. The summed E-state index contributed by atoms with van der Waals surface area (Å²) in [5.41, 5.74) is 0.866. The molecule has 2 aromatic rings. The fourth-order valence-corrected chi connectivity index (χ4v) is 2.27. The Morgan fingerprint density at radius 2 is 1.95 bits per heavy atom. The molecule has 0 unspecified atom stereocenters. The third-order valence-electron chi connectivity index (χ3n) is 2.51. The van der Waals surface area contributed by atoms with Gasteiger partial charge in [0.2, 0.25) is 5.95 Å². The lowest BCUT2D eigenvalue weighted by Gasteiger charge is -2.03. The maximum atomic E-state index is 13.3. The van der Waals surface area contributed by atoms with Crippen molar-refractivity contribution < 1.29 is 13.6 Å². The van der Waals surface area contributed by atoms with E-state index in [1.807, 2.05) is 31.2 Å². The van der Waals surface area contributed by atoms with Crippen LogP contribution in [0.4, 0.5) is 8.78 Å². The highest BCUT2D eigenvalue weighted by Gasteiger charge is 2.13. The van der Waals surface area contributed by atoms with Crippen LogP contribution in [0.15, 0.2) is 41.4 Å². The highest BCUT2D eigenvalue weighted by atomic mass is 32.2. The maximum absolute atomic E-state index is 13.3. The predicted octanol–water partition coefficient (Wildman–Crippen LogP) is 3.64. The molecule has 1 heterocycles. The third-order valence-corrected chi connectivity index (χ3v) is 3.53. The Kier molecular flexibility index (Phi) is 4.27. The molecule has 98 valence electrons. The van der Waals surface area contributed by atoms with Crippen molar-refractivity contribution in [3.63, 3.8) is 0 Å². The van der Waals surface area contributed by atoms with E-state index < -0.39 is 17.5 Å². The van der Waals surface area contributed by atoms with E-state index in [2.05, 4.69) is 4.98 Å². The number of Topliss-reactive ketones (excluding diaryl/α,β-unsaturated/α-hetero) is 1. The fraction of sp³-hybridized carbons (Fsp3) is 0.143. The normalized spacial score (nSPS) is 10.5. The predicted molar refractivity (Wildman–Crippen MR) is 70.4 cm³/mol. The van der Waals surface area contributed by atoms with Gasteiger partial charge in [-0.1, -0.05) is 17.7 Å². The summed E-state index contributed by atoms with van der Waals surface area (Å²) in [6, 6.07) is 8.46. The highest BCUT2D eigenvalue weighted by molar-refractivity contribution is 8.00. The molecular formula is C14H11F2NOS. The minimum absolute atomic E-state index is 0.0590. The van der Waals surface area contributed by atoms with Crippen LogP contribution in [-0.2, 0) is 0 Å². The Morgan fingerprint density at radius 3 is 2.63 bits per heavy atom. The van der Waals surface area contributed by atoms with Crippen molar-refractivity contribution in [1.82, 2.24) is 4.98 Å². The Hall–Kier alpha value is -1.75. The molecule has 19 heavy (non-hydrogen) atoms. The number of ketones is 1. The largest absolute Gasteiger partial charge is 0.293 e. The number of hydrogen-bond donors (Lipinski definition) is 0. The maximum Gasteiger partial charge on any atom is 0.213 e. The molecular weight excluding hydrogens is 268 g/mol. The van der Waals surface area contributed by atoms with Gasteiger partial charge < -0.3 is 0 Å². The number of hydrogen-bond acceptors (Lipinski definition) is 3. The molecule has 0 saturated carbocycles. The average Bonchev–Trinajstić information content (AvgIpc) is 2.40. The van der Waals surface area contributed by atoms with Crippen LogP contribution in [0.1, 0.15) is 15.9 Å². The van der Waals surface area contributed by atoms with Crippen LogP contribution in [0.3, 0.4) is 0 Å². The second-order valence-electron chi connectivity index (χ2n) is 4.01. The van der Waals surface area contributed by atoms with Crippen LogP contribution in [-0.4, -0.2) is 16.5 Å². The van der Waals surface area contributed by atoms with E-state index in [1.165, 1.54) is 11.8 Å². The van der Waals surface area contributed by atoms with Gasteiger partial charge >= 0.3 is 0 Å². The Balaban J connectivity index is 2.05. The summed E-state index contributed by atoms with van der Waals surface area (Å²) in [6.45, 7) is 1.97. The fourth-order valence-electron chi connectivity index (χ4n) is 1.49. The molecule has 0 fully saturated rings. The molecule has 0 N–H and O–H groups in total. The van der Waals surface area contributed by atoms with Gasteiger partial charge in [0.25, 0.3) is 0 Å². The first-order valence-electron chi connectivity index (χ1n) is 5.60. The number of nitrogens with zero attached hydrogens (tertiary/aromatic N) is 1. The van der Waals surface area contributed by atoms with Gasteiger partial charge in [0.15, 0.2) is 11.6 Å². The molecule has 0 radical (unpaired) electrons. The van der Waals surface area contributed by atoms with Gasteiger partial charge in [0, 0.05) is 11.0 Å². The molecule has 0 bridgehead atoms. The molecule has 0 spiro atoms. The second-order valence-corrected chi connectivity index (χ2v) is 5.06. The number of aryl methyl sites for hydroxylation is 1. The summed E-state index contributed by atoms with van der Waals surface area (Å²) in [5, 5.41) is 0. The monoisotopic (exact) mass is 279 g/mol. The van der Waals surface area contributed by atoms with Crippen molar-refractivity contribution in [2.75, 3.05) is 5.75 Å². The van der Waals surface area contributed by atoms with Gasteiger partial charge in [-0.05, 0) is 19.1 Å². The molecule has 0 aliphatic heterocycles. The molecule has 0 aliphatic rings. The molecule has 1 aromatic heterocycles. The van der Waals surface area contributed by atoms with Gasteiger partial charge in [-0.3, -0.25) is 4.79 Å². The van der Waals surface area contributed by atoms with Crippen LogP contribution >= 0.6 is 11.8 Å². The Labute approximate surface area is 113 Å². The first-order valence-corrected chi connectivity index (χ1v) is 6.58. The molecule has 0 amide bonds. The summed E-state index contributed by atoms with van der Waals surface area (Å²) >= 11 is 1.29. The van der Waals surface area contributed by atoms with Crippen LogP contribution in [0.25, 0.3) is 0 Å². The lowest BCUT2D eigenvalue weighted by molar-refractivity contribution is 0.101. The number of rotatable bonds is 4. The van der Waals surface area contributed by atoms with E-state index in [9.17, 15) is 13.6 Å². The number of thioether (sulfide) groups is 1. The van der Waals surface area contributed by atoms with E-state index in [-0.39, 0.29) is 11.3 Å². The van der Waals surface area contributed by atoms with Crippen molar-refractivity contribution in [3.8, 4) is 0 Å². The van der Waals surface area contributed by atoms with Gasteiger partial charge in [-0.2, -0.15) is 4.39 Å². The lowest BCUT2D eigenvalue weighted by atomic mass is 10.2. The zero-order valence-corrected chi connectivity index (χ0v) is 11.0. The van der Waals surface area contributed by atoms with Crippen molar-refractivity contribution in [3.05, 3.63) is 59.4 Å². The minimum atomic E-state index is -0.856. The first-order chi connectivity index (χ1) is 9.06. The minimum Gasteiger partial charge on any atom is -0.293 e. The van der Waals surface area contributed by atoms with E-state index in [4.69, 9.17) is 0 Å². The first kappa shape index (κ1) is 13.7. The van der Waals surface area contributed by atoms with Gasteiger partial charge in [0.1, 0.15) is 0 Å². The topological polar surface area (TPSA) is 30.0 Å². The van der Waals surface area contributed by atoms with Crippen LogP contribution in [0.5, 0.6) is 0 Å². The molecule has 5 heteroatoms. The molecule has 0 aliphatic carbocycles. The van der Waals surface area contributed by atoms with Crippen LogP contribution in [0, 0.1) is 18.7 Å². The zero-order valence-electron chi connectivity index (χ0n) is 10.2. The van der Waals surface area contributed by atoms with Crippen molar-refractivity contribution in [2.24, 2.45) is 0 Å². The number of carbonyl (C=O) groups excluding carboxylic acids is 1. The number of pyridine rings is 1. The van der Waals surface area contributed by atoms with E-state index in [1.54, 1.807) is 0 Å². The standard InChI is InChI=1S/C14H11F2NOS/c1-9-2-4-10(5-3-9)19-8-13(18)11-6-14(16)17-7-12(11)15/h2-7H,8H2,1H3. The van der Waals surface area contributed by atoms with Gasteiger partial charge in [0.05, 0.1) is 17.5 Å². The van der Waals surface area contributed by atoms with Crippen molar-refractivity contribution >= 4 is 17.5 Å². The van der Waals surface area contributed by atoms with Gasteiger partial charge in [-0.25, -0.2) is 9.37 Å². The van der Waals surface area contributed by atoms with E-state index in [0.29, 0.717) is 0 Å². The van der Waals surface area contributed by atoms with E-state index in [0.717, 1.165) is 22.7 Å².